The van der Waals surface area contributed by atoms with Crippen LogP contribution in [0.5, 0.6) is 0 Å². The molecule has 0 aliphatic carbocycles. The van der Waals surface area contributed by atoms with Gasteiger partial charge in [0.1, 0.15) is 5.69 Å². The third kappa shape index (κ3) is 4.74. The van der Waals surface area contributed by atoms with E-state index in [2.05, 4.69) is 15.6 Å². The van der Waals surface area contributed by atoms with Crippen molar-refractivity contribution in [2.75, 3.05) is 10.6 Å². The van der Waals surface area contributed by atoms with E-state index in [0.29, 0.717) is 10.8 Å². The molecular formula is C19H17N3O2S. The van der Waals surface area contributed by atoms with Gasteiger partial charge in [-0.15, -0.1) is 11.3 Å². The van der Waals surface area contributed by atoms with Crippen molar-refractivity contribution in [3.05, 3.63) is 76.8 Å². The highest BCUT2D eigenvalue weighted by atomic mass is 32.1. The molecule has 126 valence electrons. The SMILES string of the molecule is Cc1ccc(NC(=O)c2csc(NC(=O)Cc3ccccc3)n2)cc1. The number of benzene rings is 2. The third-order valence-corrected chi connectivity index (χ3v) is 4.26. The molecule has 6 heteroatoms. The molecule has 0 spiro atoms. The Labute approximate surface area is 149 Å². The topological polar surface area (TPSA) is 71.1 Å². The molecule has 25 heavy (non-hydrogen) atoms. The summed E-state index contributed by atoms with van der Waals surface area (Å²) in [5, 5.41) is 7.55. The zero-order valence-corrected chi connectivity index (χ0v) is 14.5. The van der Waals surface area contributed by atoms with E-state index in [1.807, 2.05) is 61.5 Å². The van der Waals surface area contributed by atoms with Crippen molar-refractivity contribution in [2.45, 2.75) is 13.3 Å². The smallest absolute Gasteiger partial charge is 0.275 e. The fourth-order valence-electron chi connectivity index (χ4n) is 2.21. The minimum absolute atomic E-state index is 0.161. The maximum Gasteiger partial charge on any atom is 0.275 e. The van der Waals surface area contributed by atoms with Gasteiger partial charge in [-0.3, -0.25) is 9.59 Å². The largest absolute Gasteiger partial charge is 0.321 e. The Kier molecular flexibility index (Phi) is 5.20. The lowest BCUT2D eigenvalue weighted by atomic mass is 10.1. The quantitative estimate of drug-likeness (QED) is 0.733. The predicted molar refractivity (Wildman–Crippen MR) is 100 cm³/mol. The molecule has 0 saturated heterocycles. The fourth-order valence-corrected chi connectivity index (χ4v) is 2.92. The first-order valence-corrected chi connectivity index (χ1v) is 8.65. The van der Waals surface area contributed by atoms with Crippen LogP contribution in [0, 0.1) is 6.92 Å². The molecule has 1 heterocycles. The molecule has 0 fully saturated rings. The van der Waals surface area contributed by atoms with Crippen LogP contribution in [-0.4, -0.2) is 16.8 Å². The maximum atomic E-state index is 12.2. The van der Waals surface area contributed by atoms with Crippen molar-refractivity contribution < 1.29 is 9.59 Å². The first kappa shape index (κ1) is 16.9. The van der Waals surface area contributed by atoms with Crippen LogP contribution >= 0.6 is 11.3 Å². The van der Waals surface area contributed by atoms with Gasteiger partial charge in [-0.2, -0.15) is 0 Å². The summed E-state index contributed by atoms with van der Waals surface area (Å²) in [5.74, 6) is -0.463. The molecule has 0 bridgehead atoms. The number of amides is 2. The number of nitrogens with zero attached hydrogens (tertiary/aromatic N) is 1. The number of anilines is 2. The molecule has 0 saturated carbocycles. The first-order chi connectivity index (χ1) is 12.1. The Hall–Kier alpha value is -2.99. The van der Waals surface area contributed by atoms with Crippen LogP contribution in [0.15, 0.2) is 60.0 Å². The zero-order valence-electron chi connectivity index (χ0n) is 13.7. The van der Waals surface area contributed by atoms with Crippen molar-refractivity contribution in [3.8, 4) is 0 Å². The summed E-state index contributed by atoms with van der Waals surface area (Å²) in [6.07, 6.45) is 0.269. The van der Waals surface area contributed by atoms with Crippen LogP contribution in [0.1, 0.15) is 21.6 Å². The van der Waals surface area contributed by atoms with Crippen LogP contribution in [0.4, 0.5) is 10.8 Å². The number of carbonyl (C=O) groups excluding carboxylic acids is 2. The third-order valence-electron chi connectivity index (χ3n) is 3.50. The van der Waals surface area contributed by atoms with Crippen LogP contribution in [0.3, 0.4) is 0 Å². The Morgan fingerprint density at radius 3 is 2.44 bits per heavy atom. The van der Waals surface area contributed by atoms with Crippen molar-refractivity contribution in [2.24, 2.45) is 0 Å². The summed E-state index contributed by atoms with van der Waals surface area (Å²) in [7, 11) is 0. The Morgan fingerprint density at radius 2 is 1.72 bits per heavy atom. The van der Waals surface area contributed by atoms with Gasteiger partial charge in [-0.05, 0) is 24.6 Å². The molecule has 3 rings (SSSR count). The minimum Gasteiger partial charge on any atom is -0.321 e. The van der Waals surface area contributed by atoms with Gasteiger partial charge in [0.15, 0.2) is 5.13 Å². The summed E-state index contributed by atoms with van der Waals surface area (Å²) < 4.78 is 0. The average molecular weight is 351 g/mol. The maximum absolute atomic E-state index is 12.2. The predicted octanol–water partition coefficient (Wildman–Crippen LogP) is 3.89. The van der Waals surface area contributed by atoms with Crippen molar-refractivity contribution >= 4 is 34.0 Å². The zero-order chi connectivity index (χ0) is 17.6. The van der Waals surface area contributed by atoms with Crippen molar-refractivity contribution in [1.82, 2.24) is 4.98 Å². The number of aromatic nitrogens is 1. The number of aryl methyl sites for hydroxylation is 1. The van der Waals surface area contributed by atoms with E-state index in [4.69, 9.17) is 0 Å². The molecule has 3 aromatic rings. The second-order valence-electron chi connectivity index (χ2n) is 5.57. The molecule has 0 unspecified atom stereocenters. The van der Waals surface area contributed by atoms with E-state index >= 15 is 0 Å². The van der Waals surface area contributed by atoms with Gasteiger partial charge in [-0.25, -0.2) is 4.98 Å². The highest BCUT2D eigenvalue weighted by molar-refractivity contribution is 7.14. The Morgan fingerprint density at radius 1 is 1.00 bits per heavy atom. The lowest BCUT2D eigenvalue weighted by Gasteiger charge is -2.03. The molecule has 1 aromatic heterocycles. The van der Waals surface area contributed by atoms with Crippen molar-refractivity contribution in [1.29, 1.82) is 0 Å². The summed E-state index contributed by atoms with van der Waals surface area (Å²) in [6.45, 7) is 1.98. The molecule has 0 atom stereocenters. The van der Waals surface area contributed by atoms with Crippen LogP contribution in [0.25, 0.3) is 0 Å². The van der Waals surface area contributed by atoms with Gasteiger partial charge in [0, 0.05) is 11.1 Å². The van der Waals surface area contributed by atoms with E-state index < -0.39 is 0 Å². The fraction of sp³-hybridized carbons (Fsp3) is 0.105. The van der Waals surface area contributed by atoms with Gasteiger partial charge in [-0.1, -0.05) is 48.0 Å². The number of hydrogen-bond donors (Lipinski definition) is 2. The molecule has 5 nitrogen and oxygen atoms in total. The summed E-state index contributed by atoms with van der Waals surface area (Å²) >= 11 is 1.23. The van der Waals surface area contributed by atoms with Crippen molar-refractivity contribution in [3.63, 3.8) is 0 Å². The highest BCUT2D eigenvalue weighted by Crippen LogP contribution is 2.17. The minimum atomic E-state index is -0.302. The number of carbonyl (C=O) groups is 2. The first-order valence-electron chi connectivity index (χ1n) is 7.77. The summed E-state index contributed by atoms with van der Waals surface area (Å²) in [5.41, 5.74) is 3.03. The average Bonchev–Trinajstić information content (AvgIpc) is 3.06. The number of rotatable bonds is 5. The van der Waals surface area contributed by atoms with E-state index in [1.54, 1.807) is 5.38 Å². The van der Waals surface area contributed by atoms with E-state index in [0.717, 1.165) is 11.1 Å². The van der Waals surface area contributed by atoms with Crippen LogP contribution < -0.4 is 10.6 Å². The lowest BCUT2D eigenvalue weighted by Crippen LogP contribution is -2.15. The Bertz CT molecular complexity index is 873. The molecule has 2 aromatic carbocycles. The van der Waals surface area contributed by atoms with Gasteiger partial charge in [0.25, 0.3) is 5.91 Å². The van der Waals surface area contributed by atoms with Gasteiger partial charge < -0.3 is 10.6 Å². The molecular weight excluding hydrogens is 334 g/mol. The summed E-state index contributed by atoms with van der Waals surface area (Å²) in [6, 6.07) is 17.0. The van der Waals surface area contributed by atoms with E-state index in [9.17, 15) is 9.59 Å². The molecule has 0 aliphatic heterocycles. The van der Waals surface area contributed by atoms with E-state index in [-0.39, 0.29) is 23.9 Å². The molecule has 0 aliphatic rings. The normalized spacial score (nSPS) is 10.3. The monoisotopic (exact) mass is 351 g/mol. The lowest BCUT2D eigenvalue weighted by molar-refractivity contribution is -0.115. The molecule has 0 radical (unpaired) electrons. The number of hydrogen-bond acceptors (Lipinski definition) is 4. The molecule has 2 N–H and O–H groups in total. The van der Waals surface area contributed by atoms with E-state index in [1.165, 1.54) is 11.3 Å². The summed E-state index contributed by atoms with van der Waals surface area (Å²) in [4.78, 5) is 28.4. The Balaban J connectivity index is 1.59. The van der Waals surface area contributed by atoms with Crippen LogP contribution in [-0.2, 0) is 11.2 Å². The van der Waals surface area contributed by atoms with Crippen LogP contribution in [0.2, 0.25) is 0 Å². The number of nitrogens with one attached hydrogen (secondary N) is 2. The highest BCUT2D eigenvalue weighted by Gasteiger charge is 2.13. The van der Waals surface area contributed by atoms with Gasteiger partial charge in [0.2, 0.25) is 5.91 Å². The number of thiazole rings is 1. The standard InChI is InChI=1S/C19H17N3O2S/c1-13-7-9-15(10-8-13)20-18(24)16-12-25-19(21-16)22-17(23)11-14-5-3-2-4-6-14/h2-10,12H,11H2,1H3,(H,20,24)(H,21,22,23). The van der Waals surface area contributed by atoms with Gasteiger partial charge in [0.05, 0.1) is 6.42 Å². The molecule has 2 amide bonds. The second kappa shape index (κ2) is 7.72. The van der Waals surface area contributed by atoms with Gasteiger partial charge >= 0.3 is 0 Å². The second-order valence-corrected chi connectivity index (χ2v) is 6.43.